The number of aliphatic hydroxyl groups excluding tert-OH is 2. The molecule has 0 unspecified atom stereocenters. The van der Waals surface area contributed by atoms with E-state index in [4.69, 9.17) is 0 Å². The number of hydrogen-bond acceptors (Lipinski definition) is 2. The normalized spacial score (nSPS) is 36.2. The van der Waals surface area contributed by atoms with Gasteiger partial charge in [0.25, 0.3) is 0 Å². The van der Waals surface area contributed by atoms with Crippen molar-refractivity contribution in [2.45, 2.75) is 53.1 Å². The molecule has 0 spiro atoms. The summed E-state index contributed by atoms with van der Waals surface area (Å²) in [6.07, 6.45) is 4.44. The van der Waals surface area contributed by atoms with Crippen molar-refractivity contribution in [3.63, 3.8) is 0 Å². The van der Waals surface area contributed by atoms with Crippen LogP contribution in [0.4, 0.5) is 0 Å². The van der Waals surface area contributed by atoms with Crippen LogP contribution < -0.4 is 0 Å². The van der Waals surface area contributed by atoms with E-state index in [0.717, 1.165) is 24.8 Å². The zero-order valence-electron chi connectivity index (χ0n) is 12.2. The highest BCUT2D eigenvalue weighted by Gasteiger charge is 2.48. The quantitative estimate of drug-likeness (QED) is 0.754. The molecule has 0 bridgehead atoms. The van der Waals surface area contributed by atoms with Gasteiger partial charge < -0.3 is 10.2 Å². The van der Waals surface area contributed by atoms with Gasteiger partial charge in [-0.05, 0) is 51.9 Å². The second kappa shape index (κ2) is 6.03. The molecule has 2 heteroatoms. The summed E-state index contributed by atoms with van der Waals surface area (Å²) >= 11 is 0. The Kier molecular flexibility index (Phi) is 5.18. The molecule has 0 aliphatic heterocycles. The molecule has 1 aliphatic rings. The van der Waals surface area contributed by atoms with Crippen LogP contribution in [0.1, 0.15) is 47.0 Å². The molecule has 2 N–H and O–H groups in total. The predicted octanol–water partition coefficient (Wildman–Crippen LogP) is 3.30. The van der Waals surface area contributed by atoms with Crippen molar-refractivity contribution in [2.75, 3.05) is 6.61 Å². The highest BCUT2D eigenvalue weighted by atomic mass is 16.3. The van der Waals surface area contributed by atoms with Crippen LogP contribution in [-0.4, -0.2) is 22.9 Å². The molecule has 0 saturated heterocycles. The third-order valence-electron chi connectivity index (χ3n) is 4.51. The van der Waals surface area contributed by atoms with Gasteiger partial charge in [-0.2, -0.15) is 0 Å². The van der Waals surface area contributed by atoms with Crippen LogP contribution in [0.25, 0.3) is 0 Å². The molecule has 4 atom stereocenters. The summed E-state index contributed by atoms with van der Waals surface area (Å²) in [4.78, 5) is 0. The molecule has 2 nitrogen and oxygen atoms in total. The molecule has 1 saturated carbocycles. The van der Waals surface area contributed by atoms with E-state index in [2.05, 4.69) is 33.4 Å². The van der Waals surface area contributed by atoms with Gasteiger partial charge in [-0.3, -0.25) is 0 Å². The van der Waals surface area contributed by atoms with Crippen molar-refractivity contribution in [3.05, 3.63) is 23.8 Å². The van der Waals surface area contributed by atoms with Crippen LogP contribution in [0.2, 0.25) is 0 Å². The van der Waals surface area contributed by atoms with E-state index < -0.39 is 11.5 Å². The second-order valence-electron chi connectivity index (χ2n) is 6.28. The molecule has 0 radical (unpaired) electrons. The molecule has 1 rings (SSSR count). The maximum atomic E-state index is 10.6. The van der Waals surface area contributed by atoms with E-state index in [-0.39, 0.29) is 18.4 Å². The lowest BCUT2D eigenvalue weighted by molar-refractivity contribution is -0.101. The van der Waals surface area contributed by atoms with Gasteiger partial charge >= 0.3 is 0 Å². The number of hydrogen-bond donors (Lipinski definition) is 2. The standard InChI is InChI=1S/C16H28O2/c1-11(2)8-9-16(10-17)14(12(3)4)7-6-13(5)15(16)18/h8,13-15,17-18H,3,6-7,9-10H2,1-2,4-5H3/t13-,14-,15+,16-/m1/s1. The van der Waals surface area contributed by atoms with Gasteiger partial charge in [0.15, 0.2) is 0 Å². The zero-order chi connectivity index (χ0) is 13.9. The Morgan fingerprint density at radius 2 is 1.94 bits per heavy atom. The highest BCUT2D eigenvalue weighted by molar-refractivity contribution is 5.13. The van der Waals surface area contributed by atoms with Crippen molar-refractivity contribution in [3.8, 4) is 0 Å². The lowest BCUT2D eigenvalue weighted by Crippen LogP contribution is -2.51. The fourth-order valence-corrected chi connectivity index (χ4v) is 3.31. The molecule has 0 aromatic heterocycles. The van der Waals surface area contributed by atoms with Crippen LogP contribution in [0.5, 0.6) is 0 Å². The SMILES string of the molecule is C=C(C)[C@H]1CC[C@@H](C)[C@H](O)[C@@]1(CO)CC=C(C)C. The molecule has 0 aromatic carbocycles. The lowest BCUT2D eigenvalue weighted by atomic mass is 9.58. The van der Waals surface area contributed by atoms with E-state index in [0.29, 0.717) is 0 Å². The Morgan fingerprint density at radius 3 is 2.39 bits per heavy atom. The lowest BCUT2D eigenvalue weighted by Gasteiger charge is -2.49. The summed E-state index contributed by atoms with van der Waals surface area (Å²) in [5.41, 5.74) is 1.87. The largest absolute Gasteiger partial charge is 0.396 e. The van der Waals surface area contributed by atoms with Gasteiger partial charge in [0, 0.05) is 5.41 Å². The minimum Gasteiger partial charge on any atom is -0.396 e. The fraction of sp³-hybridized carbons (Fsp3) is 0.750. The Hall–Kier alpha value is -0.600. The van der Waals surface area contributed by atoms with Crippen molar-refractivity contribution >= 4 is 0 Å². The third-order valence-corrected chi connectivity index (χ3v) is 4.51. The average molecular weight is 252 g/mol. The summed E-state index contributed by atoms with van der Waals surface area (Å²) in [6, 6.07) is 0. The first-order valence-electron chi connectivity index (χ1n) is 6.93. The predicted molar refractivity (Wildman–Crippen MR) is 76.3 cm³/mol. The smallest absolute Gasteiger partial charge is 0.0652 e. The van der Waals surface area contributed by atoms with Crippen LogP contribution in [-0.2, 0) is 0 Å². The molecule has 1 fully saturated rings. The summed E-state index contributed by atoms with van der Waals surface area (Å²) in [5.74, 6) is 0.461. The molecule has 18 heavy (non-hydrogen) atoms. The van der Waals surface area contributed by atoms with E-state index >= 15 is 0 Å². The van der Waals surface area contributed by atoms with Crippen molar-refractivity contribution < 1.29 is 10.2 Å². The van der Waals surface area contributed by atoms with E-state index in [9.17, 15) is 10.2 Å². The molecule has 0 aromatic rings. The molecular weight excluding hydrogens is 224 g/mol. The minimum atomic E-state index is -0.450. The van der Waals surface area contributed by atoms with Crippen LogP contribution in [0.15, 0.2) is 23.8 Å². The Balaban J connectivity index is 3.11. The van der Waals surface area contributed by atoms with Crippen LogP contribution in [0, 0.1) is 17.3 Å². The average Bonchev–Trinajstić information content (AvgIpc) is 2.30. The maximum Gasteiger partial charge on any atom is 0.0652 e. The van der Waals surface area contributed by atoms with Crippen LogP contribution in [0.3, 0.4) is 0 Å². The Bertz CT molecular complexity index is 328. The molecular formula is C16H28O2. The van der Waals surface area contributed by atoms with E-state index in [1.165, 1.54) is 5.57 Å². The summed E-state index contributed by atoms with van der Waals surface area (Å²) in [7, 11) is 0. The molecule has 0 amide bonds. The number of allylic oxidation sites excluding steroid dienone is 3. The van der Waals surface area contributed by atoms with Crippen molar-refractivity contribution in [1.82, 2.24) is 0 Å². The highest BCUT2D eigenvalue weighted by Crippen LogP contribution is 2.49. The first-order chi connectivity index (χ1) is 8.35. The topological polar surface area (TPSA) is 40.5 Å². The summed E-state index contributed by atoms with van der Waals surface area (Å²) in [6.45, 7) is 12.3. The monoisotopic (exact) mass is 252 g/mol. The zero-order valence-corrected chi connectivity index (χ0v) is 12.2. The maximum absolute atomic E-state index is 10.6. The van der Waals surface area contributed by atoms with Gasteiger partial charge in [-0.1, -0.05) is 30.7 Å². The molecule has 104 valence electrons. The Morgan fingerprint density at radius 1 is 1.33 bits per heavy atom. The van der Waals surface area contributed by atoms with Gasteiger partial charge in [-0.25, -0.2) is 0 Å². The number of rotatable bonds is 4. The van der Waals surface area contributed by atoms with Gasteiger partial charge in [0.2, 0.25) is 0 Å². The van der Waals surface area contributed by atoms with Gasteiger partial charge in [-0.15, -0.1) is 0 Å². The summed E-state index contributed by atoms with van der Waals surface area (Å²) in [5, 5.41) is 20.5. The van der Waals surface area contributed by atoms with Crippen molar-refractivity contribution in [1.29, 1.82) is 0 Å². The van der Waals surface area contributed by atoms with Crippen LogP contribution >= 0.6 is 0 Å². The van der Waals surface area contributed by atoms with E-state index in [1.807, 2.05) is 6.92 Å². The first-order valence-corrected chi connectivity index (χ1v) is 6.93. The third kappa shape index (κ3) is 2.86. The Labute approximate surface area is 111 Å². The molecule has 0 heterocycles. The van der Waals surface area contributed by atoms with Crippen molar-refractivity contribution in [2.24, 2.45) is 17.3 Å². The minimum absolute atomic E-state index is 0.0276. The summed E-state index contributed by atoms with van der Waals surface area (Å²) < 4.78 is 0. The van der Waals surface area contributed by atoms with Gasteiger partial charge in [0.1, 0.15) is 0 Å². The van der Waals surface area contributed by atoms with E-state index in [1.54, 1.807) is 0 Å². The second-order valence-corrected chi connectivity index (χ2v) is 6.28. The molecule has 1 aliphatic carbocycles. The fourth-order valence-electron chi connectivity index (χ4n) is 3.31. The number of aliphatic hydroxyl groups is 2. The first kappa shape index (κ1) is 15.5. The van der Waals surface area contributed by atoms with Gasteiger partial charge in [0.05, 0.1) is 12.7 Å².